The number of hydrogen-bond acceptors (Lipinski definition) is 7. The van der Waals surface area contributed by atoms with Crippen LogP contribution in [0.1, 0.15) is 16.1 Å². The molecule has 1 aliphatic rings. The Morgan fingerprint density at radius 3 is 2.54 bits per heavy atom. The highest BCUT2D eigenvalue weighted by Crippen LogP contribution is 2.19. The van der Waals surface area contributed by atoms with Crippen molar-refractivity contribution in [1.29, 1.82) is 0 Å². The van der Waals surface area contributed by atoms with Crippen LogP contribution in [0.3, 0.4) is 0 Å². The fourth-order valence-corrected chi connectivity index (χ4v) is 3.33. The molecule has 0 atom stereocenters. The number of amides is 1. The number of carbonyl (C=O) groups excluding carboxylic acids is 1. The third kappa shape index (κ3) is 4.14. The second-order valence-electron chi connectivity index (χ2n) is 6.50. The first-order valence-corrected chi connectivity index (χ1v) is 9.71. The SMILES string of the molecule is Cc1ccnc(Nc2ccc(N3CCN(C(=O)c4ccc(Br)o4)CC3)nn2)c1. The van der Waals surface area contributed by atoms with E-state index in [1.165, 1.54) is 0 Å². The van der Waals surface area contributed by atoms with Gasteiger partial charge in [-0.15, -0.1) is 10.2 Å². The van der Waals surface area contributed by atoms with Gasteiger partial charge in [0.25, 0.3) is 5.91 Å². The first-order chi connectivity index (χ1) is 13.6. The first kappa shape index (κ1) is 18.4. The number of pyridine rings is 1. The fourth-order valence-electron chi connectivity index (χ4n) is 3.02. The Bertz CT molecular complexity index is 967. The highest BCUT2D eigenvalue weighted by atomic mass is 79.9. The van der Waals surface area contributed by atoms with Crippen LogP contribution in [-0.4, -0.2) is 52.2 Å². The van der Waals surface area contributed by atoms with Crippen LogP contribution in [0.5, 0.6) is 0 Å². The lowest BCUT2D eigenvalue weighted by Gasteiger charge is -2.34. The monoisotopic (exact) mass is 442 g/mol. The number of anilines is 3. The van der Waals surface area contributed by atoms with Crippen LogP contribution in [0, 0.1) is 6.92 Å². The number of nitrogens with one attached hydrogen (secondary N) is 1. The van der Waals surface area contributed by atoms with Crippen molar-refractivity contribution in [2.75, 3.05) is 36.4 Å². The summed E-state index contributed by atoms with van der Waals surface area (Å²) in [5, 5.41) is 11.7. The number of rotatable bonds is 4. The van der Waals surface area contributed by atoms with E-state index in [2.05, 4.69) is 41.3 Å². The average molecular weight is 443 g/mol. The lowest BCUT2D eigenvalue weighted by atomic mass is 10.2. The van der Waals surface area contributed by atoms with Crippen molar-refractivity contribution in [2.45, 2.75) is 6.92 Å². The number of hydrogen-bond donors (Lipinski definition) is 1. The number of halogens is 1. The molecule has 1 aliphatic heterocycles. The quantitative estimate of drug-likeness (QED) is 0.663. The molecule has 3 aromatic heterocycles. The highest BCUT2D eigenvalue weighted by Gasteiger charge is 2.24. The summed E-state index contributed by atoms with van der Waals surface area (Å²) in [5.74, 6) is 2.41. The third-order valence-corrected chi connectivity index (χ3v) is 4.92. The zero-order chi connectivity index (χ0) is 19.5. The minimum absolute atomic E-state index is 0.0957. The minimum Gasteiger partial charge on any atom is -0.444 e. The van der Waals surface area contributed by atoms with Crippen molar-refractivity contribution in [3.8, 4) is 0 Å². The molecule has 4 rings (SSSR count). The van der Waals surface area contributed by atoms with Crippen molar-refractivity contribution in [2.24, 2.45) is 0 Å². The number of furan rings is 1. The molecule has 4 heterocycles. The maximum absolute atomic E-state index is 12.4. The zero-order valence-corrected chi connectivity index (χ0v) is 16.9. The molecule has 8 nitrogen and oxygen atoms in total. The second kappa shape index (κ2) is 7.97. The summed E-state index contributed by atoms with van der Waals surface area (Å²) < 4.78 is 5.91. The molecule has 9 heteroatoms. The summed E-state index contributed by atoms with van der Waals surface area (Å²) in [5.41, 5.74) is 1.12. The number of carbonyl (C=O) groups is 1. The molecule has 0 unspecified atom stereocenters. The van der Waals surface area contributed by atoms with Gasteiger partial charge in [-0.2, -0.15) is 0 Å². The van der Waals surface area contributed by atoms with Crippen molar-refractivity contribution >= 4 is 39.3 Å². The highest BCUT2D eigenvalue weighted by molar-refractivity contribution is 9.10. The lowest BCUT2D eigenvalue weighted by molar-refractivity contribution is 0.0713. The van der Waals surface area contributed by atoms with Gasteiger partial charge in [0.2, 0.25) is 0 Å². The van der Waals surface area contributed by atoms with E-state index in [9.17, 15) is 4.79 Å². The Kier molecular flexibility index (Phi) is 5.25. The molecule has 1 saturated heterocycles. The van der Waals surface area contributed by atoms with Crippen LogP contribution in [0.25, 0.3) is 0 Å². The Hall–Kier alpha value is -2.94. The Balaban J connectivity index is 1.35. The summed E-state index contributed by atoms with van der Waals surface area (Å²) in [7, 11) is 0. The van der Waals surface area contributed by atoms with Crippen LogP contribution < -0.4 is 10.2 Å². The number of nitrogens with zero attached hydrogens (tertiary/aromatic N) is 5. The predicted molar refractivity (Wildman–Crippen MR) is 109 cm³/mol. The van der Waals surface area contributed by atoms with E-state index >= 15 is 0 Å². The van der Waals surface area contributed by atoms with Gasteiger partial charge in [0.05, 0.1) is 0 Å². The lowest BCUT2D eigenvalue weighted by Crippen LogP contribution is -2.49. The Labute approximate surface area is 170 Å². The Morgan fingerprint density at radius 1 is 1.07 bits per heavy atom. The molecule has 1 N–H and O–H groups in total. The van der Waals surface area contributed by atoms with E-state index in [1.807, 2.05) is 31.2 Å². The second-order valence-corrected chi connectivity index (χ2v) is 7.28. The topological polar surface area (TPSA) is 87.4 Å². The van der Waals surface area contributed by atoms with Crippen LogP contribution in [0.15, 0.2) is 51.7 Å². The molecule has 144 valence electrons. The maximum Gasteiger partial charge on any atom is 0.289 e. The zero-order valence-electron chi connectivity index (χ0n) is 15.3. The molecule has 0 saturated carbocycles. The predicted octanol–water partition coefficient (Wildman–Crippen LogP) is 3.24. The van der Waals surface area contributed by atoms with E-state index < -0.39 is 0 Å². The van der Waals surface area contributed by atoms with Gasteiger partial charge in [-0.3, -0.25) is 4.79 Å². The largest absolute Gasteiger partial charge is 0.444 e. The molecule has 28 heavy (non-hydrogen) atoms. The summed E-state index contributed by atoms with van der Waals surface area (Å²) in [4.78, 5) is 20.6. The molecule has 0 radical (unpaired) electrons. The molecule has 0 aromatic carbocycles. The molecule has 0 bridgehead atoms. The van der Waals surface area contributed by atoms with Gasteiger partial charge in [0.15, 0.2) is 22.1 Å². The van der Waals surface area contributed by atoms with E-state index in [1.54, 1.807) is 23.2 Å². The normalized spacial score (nSPS) is 14.2. The van der Waals surface area contributed by atoms with Gasteiger partial charge in [-0.25, -0.2) is 4.98 Å². The average Bonchev–Trinajstić information content (AvgIpc) is 3.15. The van der Waals surface area contributed by atoms with E-state index in [-0.39, 0.29) is 5.91 Å². The molecule has 1 amide bonds. The van der Waals surface area contributed by atoms with Crippen LogP contribution in [0.2, 0.25) is 0 Å². The molecule has 1 fully saturated rings. The standard InChI is InChI=1S/C19H19BrN6O2/c1-13-6-7-21-17(12-13)22-16-4-5-18(24-23-16)25-8-10-26(11-9-25)19(27)14-2-3-15(20)28-14/h2-7,12H,8-11H2,1H3,(H,21,22,23). The third-order valence-electron chi connectivity index (χ3n) is 4.50. The maximum atomic E-state index is 12.4. The van der Waals surface area contributed by atoms with Gasteiger partial charge >= 0.3 is 0 Å². The van der Waals surface area contributed by atoms with Gasteiger partial charge in [0, 0.05) is 32.4 Å². The first-order valence-electron chi connectivity index (χ1n) is 8.91. The Morgan fingerprint density at radius 2 is 1.89 bits per heavy atom. The fraction of sp³-hybridized carbons (Fsp3) is 0.263. The summed E-state index contributed by atoms with van der Waals surface area (Å²) in [6.07, 6.45) is 1.75. The van der Waals surface area contributed by atoms with Crippen molar-refractivity contribution < 1.29 is 9.21 Å². The van der Waals surface area contributed by atoms with Crippen molar-refractivity contribution in [1.82, 2.24) is 20.1 Å². The molecular formula is C19H19BrN6O2. The van der Waals surface area contributed by atoms with E-state index in [0.717, 1.165) is 17.2 Å². The molecule has 0 spiro atoms. The molecular weight excluding hydrogens is 424 g/mol. The smallest absolute Gasteiger partial charge is 0.289 e. The van der Waals surface area contributed by atoms with E-state index in [4.69, 9.17) is 4.42 Å². The molecule has 0 aliphatic carbocycles. The number of aromatic nitrogens is 3. The summed E-state index contributed by atoms with van der Waals surface area (Å²) >= 11 is 3.22. The van der Waals surface area contributed by atoms with Gasteiger partial charge in [-0.1, -0.05) is 0 Å². The minimum atomic E-state index is -0.0957. The van der Waals surface area contributed by atoms with E-state index in [0.29, 0.717) is 42.4 Å². The number of piperazine rings is 1. The van der Waals surface area contributed by atoms with Gasteiger partial charge in [0.1, 0.15) is 5.82 Å². The van der Waals surface area contributed by atoms with Crippen LogP contribution >= 0.6 is 15.9 Å². The summed E-state index contributed by atoms with van der Waals surface area (Å²) in [6, 6.07) is 11.1. The van der Waals surface area contributed by atoms with Crippen molar-refractivity contribution in [3.05, 3.63) is 58.6 Å². The van der Waals surface area contributed by atoms with Crippen LogP contribution in [-0.2, 0) is 0 Å². The van der Waals surface area contributed by atoms with Gasteiger partial charge < -0.3 is 19.5 Å². The van der Waals surface area contributed by atoms with Gasteiger partial charge in [-0.05, 0) is 64.8 Å². The van der Waals surface area contributed by atoms with Crippen molar-refractivity contribution in [3.63, 3.8) is 0 Å². The molecule has 3 aromatic rings. The summed E-state index contributed by atoms with van der Waals surface area (Å²) in [6.45, 7) is 4.60. The van der Waals surface area contributed by atoms with Crippen LogP contribution in [0.4, 0.5) is 17.5 Å². The number of aryl methyl sites for hydroxylation is 1.